The number of rotatable bonds is 3. The SMILES string of the molecule is CC(C)[C@@H]1C(=O)N(c2ccccc2)C(=O)N(C2CCCCC2)C1=O. The Kier molecular flexibility index (Phi) is 4.69. The number of urea groups is 1. The van der Waals surface area contributed by atoms with Crippen LogP contribution in [0.25, 0.3) is 0 Å². The predicted octanol–water partition coefficient (Wildman–Crippen LogP) is 3.59. The van der Waals surface area contributed by atoms with E-state index in [9.17, 15) is 14.4 Å². The van der Waals surface area contributed by atoms with Crippen LogP contribution in [-0.2, 0) is 9.59 Å². The van der Waals surface area contributed by atoms with E-state index in [-0.39, 0.29) is 17.9 Å². The summed E-state index contributed by atoms with van der Waals surface area (Å²) < 4.78 is 0. The standard InChI is InChI=1S/C19H24N2O3/c1-13(2)16-17(22)20(14-9-5-3-6-10-14)19(24)21(18(16)23)15-11-7-4-8-12-15/h3,5-6,9-10,13,15-16H,4,7-8,11-12H2,1-2H3/t16-/m1/s1. The van der Waals surface area contributed by atoms with Gasteiger partial charge in [-0.2, -0.15) is 0 Å². The van der Waals surface area contributed by atoms with E-state index >= 15 is 0 Å². The highest BCUT2D eigenvalue weighted by Gasteiger charge is 2.49. The van der Waals surface area contributed by atoms with Crippen molar-refractivity contribution in [2.45, 2.75) is 52.0 Å². The van der Waals surface area contributed by atoms with Gasteiger partial charge in [-0.3, -0.25) is 14.5 Å². The number of para-hydroxylation sites is 1. The van der Waals surface area contributed by atoms with Gasteiger partial charge in [0.05, 0.1) is 5.69 Å². The lowest BCUT2D eigenvalue weighted by molar-refractivity contribution is -0.144. The number of carbonyl (C=O) groups excluding carboxylic acids is 3. The molecule has 1 atom stereocenters. The van der Waals surface area contributed by atoms with Gasteiger partial charge in [0.1, 0.15) is 5.92 Å². The van der Waals surface area contributed by atoms with E-state index in [4.69, 9.17) is 0 Å². The number of nitrogens with zero attached hydrogens (tertiary/aromatic N) is 2. The lowest BCUT2D eigenvalue weighted by Gasteiger charge is -2.42. The quantitative estimate of drug-likeness (QED) is 0.797. The van der Waals surface area contributed by atoms with E-state index in [0.717, 1.165) is 32.1 Å². The summed E-state index contributed by atoms with van der Waals surface area (Å²) in [5.41, 5.74) is 0.534. The fraction of sp³-hybridized carbons (Fsp3) is 0.526. The van der Waals surface area contributed by atoms with Crippen molar-refractivity contribution in [3.63, 3.8) is 0 Å². The fourth-order valence-electron chi connectivity index (χ4n) is 3.75. The first-order valence-electron chi connectivity index (χ1n) is 8.78. The maximum absolute atomic E-state index is 13.0. The number of imide groups is 2. The molecule has 1 heterocycles. The minimum Gasteiger partial charge on any atom is -0.273 e. The molecule has 1 saturated heterocycles. The number of hydrogen-bond donors (Lipinski definition) is 0. The number of amides is 4. The first kappa shape index (κ1) is 16.7. The van der Waals surface area contributed by atoms with Crippen molar-refractivity contribution >= 4 is 23.5 Å². The topological polar surface area (TPSA) is 57.7 Å². The maximum Gasteiger partial charge on any atom is 0.338 e. The fourth-order valence-corrected chi connectivity index (χ4v) is 3.75. The van der Waals surface area contributed by atoms with Gasteiger partial charge in [0, 0.05) is 6.04 Å². The molecule has 0 aromatic heterocycles. The summed E-state index contributed by atoms with van der Waals surface area (Å²) in [7, 11) is 0. The molecule has 3 rings (SSSR count). The third-order valence-corrected chi connectivity index (χ3v) is 5.01. The molecule has 0 unspecified atom stereocenters. The van der Waals surface area contributed by atoms with Crippen LogP contribution in [0, 0.1) is 11.8 Å². The lowest BCUT2D eigenvalue weighted by atomic mass is 9.87. The molecule has 24 heavy (non-hydrogen) atoms. The van der Waals surface area contributed by atoms with Gasteiger partial charge in [-0.15, -0.1) is 0 Å². The van der Waals surface area contributed by atoms with Crippen molar-refractivity contribution in [3.8, 4) is 0 Å². The highest BCUT2D eigenvalue weighted by atomic mass is 16.2. The van der Waals surface area contributed by atoms with Crippen LogP contribution in [0.2, 0.25) is 0 Å². The molecule has 5 heteroatoms. The monoisotopic (exact) mass is 328 g/mol. The van der Waals surface area contributed by atoms with Crippen LogP contribution in [0.3, 0.4) is 0 Å². The number of benzene rings is 1. The highest BCUT2D eigenvalue weighted by Crippen LogP contribution is 2.33. The van der Waals surface area contributed by atoms with E-state index in [1.165, 1.54) is 9.80 Å². The average Bonchev–Trinajstić information content (AvgIpc) is 2.56. The second kappa shape index (κ2) is 6.75. The molecule has 1 aromatic carbocycles. The zero-order chi connectivity index (χ0) is 17.3. The molecular weight excluding hydrogens is 304 g/mol. The molecule has 5 nitrogen and oxygen atoms in total. The molecule has 2 fully saturated rings. The van der Waals surface area contributed by atoms with Crippen LogP contribution < -0.4 is 4.90 Å². The maximum atomic E-state index is 13.0. The van der Waals surface area contributed by atoms with Crippen molar-refractivity contribution in [2.24, 2.45) is 11.8 Å². The summed E-state index contributed by atoms with van der Waals surface area (Å²) in [4.78, 5) is 41.4. The second-order valence-corrected chi connectivity index (χ2v) is 7.01. The highest BCUT2D eigenvalue weighted by molar-refractivity contribution is 6.27. The van der Waals surface area contributed by atoms with Gasteiger partial charge in [-0.1, -0.05) is 51.3 Å². The van der Waals surface area contributed by atoms with Crippen LogP contribution >= 0.6 is 0 Å². The average molecular weight is 328 g/mol. The Balaban J connectivity index is 2.01. The molecule has 0 bridgehead atoms. The molecule has 1 aliphatic heterocycles. The Morgan fingerprint density at radius 1 is 0.917 bits per heavy atom. The predicted molar refractivity (Wildman–Crippen MR) is 91.4 cm³/mol. The van der Waals surface area contributed by atoms with Gasteiger partial charge >= 0.3 is 6.03 Å². The summed E-state index contributed by atoms with van der Waals surface area (Å²) in [5.74, 6) is -1.66. The summed E-state index contributed by atoms with van der Waals surface area (Å²) >= 11 is 0. The lowest BCUT2D eigenvalue weighted by Crippen LogP contribution is -2.63. The zero-order valence-electron chi connectivity index (χ0n) is 14.3. The molecule has 1 saturated carbocycles. The van der Waals surface area contributed by atoms with Gasteiger partial charge in [0.25, 0.3) is 0 Å². The first-order chi connectivity index (χ1) is 11.5. The van der Waals surface area contributed by atoms with Crippen LogP contribution in [0.15, 0.2) is 30.3 Å². The van der Waals surface area contributed by atoms with Crippen LogP contribution in [-0.4, -0.2) is 28.8 Å². The van der Waals surface area contributed by atoms with E-state index in [1.807, 2.05) is 19.9 Å². The number of hydrogen-bond acceptors (Lipinski definition) is 3. The third-order valence-electron chi connectivity index (χ3n) is 5.01. The van der Waals surface area contributed by atoms with Gasteiger partial charge in [0.15, 0.2) is 0 Å². The summed E-state index contributed by atoms with van der Waals surface area (Å²) in [6.45, 7) is 3.72. The summed E-state index contributed by atoms with van der Waals surface area (Å²) in [6.07, 6.45) is 4.85. The molecule has 4 amide bonds. The smallest absolute Gasteiger partial charge is 0.273 e. The van der Waals surface area contributed by atoms with E-state index < -0.39 is 17.9 Å². The first-order valence-corrected chi connectivity index (χ1v) is 8.78. The Hall–Kier alpha value is -2.17. The zero-order valence-corrected chi connectivity index (χ0v) is 14.3. The molecule has 0 radical (unpaired) electrons. The van der Waals surface area contributed by atoms with Crippen molar-refractivity contribution < 1.29 is 14.4 Å². The Bertz CT molecular complexity index is 635. The molecular formula is C19H24N2O3. The Morgan fingerprint density at radius 2 is 1.54 bits per heavy atom. The Morgan fingerprint density at radius 3 is 2.12 bits per heavy atom. The van der Waals surface area contributed by atoms with Crippen LogP contribution in [0.5, 0.6) is 0 Å². The van der Waals surface area contributed by atoms with Gasteiger partial charge < -0.3 is 0 Å². The minimum atomic E-state index is -0.787. The largest absolute Gasteiger partial charge is 0.338 e. The molecule has 1 aliphatic carbocycles. The van der Waals surface area contributed by atoms with Crippen LogP contribution in [0.4, 0.5) is 10.5 Å². The normalized spacial score (nSPS) is 23.3. The number of barbiturate groups is 1. The Labute approximate surface area is 142 Å². The molecule has 2 aliphatic rings. The molecule has 0 spiro atoms. The summed E-state index contributed by atoms with van der Waals surface area (Å²) in [6, 6.07) is 8.33. The summed E-state index contributed by atoms with van der Waals surface area (Å²) in [5, 5.41) is 0. The van der Waals surface area contributed by atoms with Crippen LogP contribution in [0.1, 0.15) is 46.0 Å². The molecule has 128 valence electrons. The number of carbonyl (C=O) groups is 3. The van der Waals surface area contributed by atoms with E-state index in [1.54, 1.807) is 24.3 Å². The number of anilines is 1. The van der Waals surface area contributed by atoms with E-state index in [0.29, 0.717) is 5.69 Å². The van der Waals surface area contributed by atoms with Gasteiger partial charge in [0.2, 0.25) is 11.8 Å². The molecule has 0 N–H and O–H groups in total. The van der Waals surface area contributed by atoms with Crippen molar-refractivity contribution in [1.29, 1.82) is 0 Å². The van der Waals surface area contributed by atoms with Gasteiger partial charge in [-0.25, -0.2) is 9.69 Å². The third kappa shape index (κ3) is 2.83. The molecule has 1 aromatic rings. The van der Waals surface area contributed by atoms with E-state index in [2.05, 4.69) is 0 Å². The van der Waals surface area contributed by atoms with Crippen molar-refractivity contribution in [2.75, 3.05) is 4.90 Å². The minimum absolute atomic E-state index is 0.0840. The second-order valence-electron chi connectivity index (χ2n) is 7.01. The van der Waals surface area contributed by atoms with Gasteiger partial charge in [-0.05, 0) is 30.9 Å². The van der Waals surface area contributed by atoms with Crippen molar-refractivity contribution in [3.05, 3.63) is 30.3 Å². The van der Waals surface area contributed by atoms with Crippen molar-refractivity contribution in [1.82, 2.24) is 4.90 Å².